The number of benzene rings is 3. The number of primary amides is 1. The maximum atomic E-state index is 13.4. The Morgan fingerprint density at radius 1 is 1.05 bits per heavy atom. The Labute approximate surface area is 223 Å². The number of nitrogens with two attached hydrogens (primary N) is 1. The highest BCUT2D eigenvalue weighted by Gasteiger charge is 2.29. The van der Waals surface area contributed by atoms with Gasteiger partial charge in [0.1, 0.15) is 4.88 Å². The van der Waals surface area contributed by atoms with Crippen molar-refractivity contribution in [3.05, 3.63) is 99.9 Å². The quantitative estimate of drug-likeness (QED) is 0.266. The Hall–Kier alpha value is -4.50. The van der Waals surface area contributed by atoms with Gasteiger partial charge in [-0.2, -0.15) is 0 Å². The van der Waals surface area contributed by atoms with E-state index in [4.69, 9.17) is 10.7 Å². The summed E-state index contributed by atoms with van der Waals surface area (Å²) in [5.74, 6) is -0.937. The minimum atomic E-state index is -1.05. The van der Waals surface area contributed by atoms with E-state index in [-0.39, 0.29) is 16.6 Å². The van der Waals surface area contributed by atoms with Crippen molar-refractivity contribution in [2.75, 3.05) is 4.90 Å². The molecule has 0 unspecified atom stereocenters. The molecule has 1 saturated carbocycles. The summed E-state index contributed by atoms with van der Waals surface area (Å²) >= 11 is 1.06. The van der Waals surface area contributed by atoms with E-state index in [1.165, 1.54) is 17.0 Å². The van der Waals surface area contributed by atoms with Crippen molar-refractivity contribution in [1.29, 1.82) is 0 Å². The molecule has 38 heavy (non-hydrogen) atoms. The van der Waals surface area contributed by atoms with E-state index >= 15 is 0 Å². The fraction of sp³-hybridized carbons (Fsp3) is 0.172. The average molecular weight is 527 g/mol. The number of urea groups is 1. The Kier molecular flexibility index (Phi) is 6.93. The van der Waals surface area contributed by atoms with Crippen LogP contribution < -0.4 is 16.0 Å². The minimum absolute atomic E-state index is 0.116. The highest BCUT2D eigenvalue weighted by atomic mass is 32.1. The SMILES string of the molecule is Cc1ccc(C2CC2)cc1N(C(N)=O)c1nc(-c2ccc(C(=O)O)cc2)c(C(=O)NCc2ccccc2)s1. The molecule has 4 N–H and O–H groups in total. The smallest absolute Gasteiger partial charge is 0.335 e. The van der Waals surface area contributed by atoms with Gasteiger partial charge in [-0.25, -0.2) is 19.5 Å². The molecule has 0 spiro atoms. The van der Waals surface area contributed by atoms with Crippen LogP contribution in [0.3, 0.4) is 0 Å². The van der Waals surface area contributed by atoms with Gasteiger partial charge in [-0.1, -0.05) is 65.9 Å². The summed E-state index contributed by atoms with van der Waals surface area (Å²) in [6.07, 6.45) is 2.22. The van der Waals surface area contributed by atoms with E-state index in [2.05, 4.69) is 11.4 Å². The molecule has 1 fully saturated rings. The van der Waals surface area contributed by atoms with Crippen LogP contribution in [0.25, 0.3) is 11.3 Å². The fourth-order valence-corrected chi connectivity index (χ4v) is 5.26. The Balaban J connectivity index is 1.56. The first-order valence-corrected chi connectivity index (χ1v) is 13.0. The number of hydrogen-bond donors (Lipinski definition) is 3. The molecule has 8 nitrogen and oxygen atoms in total. The van der Waals surface area contributed by atoms with Crippen LogP contribution in [0.2, 0.25) is 0 Å². The summed E-state index contributed by atoms with van der Waals surface area (Å²) in [7, 11) is 0. The van der Waals surface area contributed by atoms with Crippen molar-refractivity contribution >= 4 is 40.1 Å². The van der Waals surface area contributed by atoms with Gasteiger partial charge >= 0.3 is 12.0 Å². The van der Waals surface area contributed by atoms with Gasteiger partial charge in [-0.05, 0) is 60.6 Å². The molecule has 1 aliphatic rings. The van der Waals surface area contributed by atoms with E-state index in [9.17, 15) is 19.5 Å². The van der Waals surface area contributed by atoms with Gasteiger partial charge in [0.25, 0.3) is 5.91 Å². The van der Waals surface area contributed by atoms with Crippen LogP contribution in [0.15, 0.2) is 72.8 Å². The van der Waals surface area contributed by atoms with E-state index in [0.717, 1.165) is 40.9 Å². The van der Waals surface area contributed by atoms with E-state index in [1.807, 2.05) is 49.4 Å². The summed E-state index contributed by atoms with van der Waals surface area (Å²) in [5.41, 5.74) is 10.4. The molecule has 0 aliphatic heterocycles. The topological polar surface area (TPSA) is 126 Å². The van der Waals surface area contributed by atoms with Crippen LogP contribution in [0.5, 0.6) is 0 Å². The van der Waals surface area contributed by atoms with Crippen molar-refractivity contribution in [2.45, 2.75) is 32.2 Å². The van der Waals surface area contributed by atoms with Gasteiger partial charge in [0, 0.05) is 12.1 Å². The van der Waals surface area contributed by atoms with Crippen molar-refractivity contribution in [1.82, 2.24) is 10.3 Å². The number of thiazole rings is 1. The van der Waals surface area contributed by atoms with E-state index in [1.54, 1.807) is 12.1 Å². The highest BCUT2D eigenvalue weighted by molar-refractivity contribution is 7.18. The molecule has 4 aromatic rings. The number of aryl methyl sites for hydroxylation is 1. The number of carboxylic acid groups (broad SMARTS) is 1. The van der Waals surface area contributed by atoms with Crippen LogP contribution in [-0.4, -0.2) is 28.0 Å². The van der Waals surface area contributed by atoms with Crippen LogP contribution >= 0.6 is 11.3 Å². The third kappa shape index (κ3) is 5.28. The summed E-state index contributed by atoms with van der Waals surface area (Å²) in [6.45, 7) is 2.21. The number of carbonyl (C=O) groups excluding carboxylic acids is 2. The number of nitrogens with zero attached hydrogens (tertiary/aromatic N) is 2. The van der Waals surface area contributed by atoms with Crippen molar-refractivity contribution in [2.24, 2.45) is 5.73 Å². The lowest BCUT2D eigenvalue weighted by Gasteiger charge is -2.20. The second-order valence-electron chi connectivity index (χ2n) is 9.22. The van der Waals surface area contributed by atoms with Crippen LogP contribution in [0.1, 0.15) is 55.5 Å². The van der Waals surface area contributed by atoms with Gasteiger partial charge in [-0.3, -0.25) is 4.79 Å². The number of carboxylic acids is 1. The number of aromatic nitrogens is 1. The number of carbonyl (C=O) groups is 3. The third-order valence-corrected chi connectivity index (χ3v) is 7.50. The number of amides is 3. The van der Waals surface area contributed by atoms with Crippen LogP contribution in [-0.2, 0) is 6.54 Å². The van der Waals surface area contributed by atoms with Gasteiger partial charge in [0.15, 0.2) is 5.13 Å². The second-order valence-corrected chi connectivity index (χ2v) is 10.2. The average Bonchev–Trinajstić information content (AvgIpc) is 3.68. The molecule has 9 heteroatoms. The first kappa shape index (κ1) is 25.2. The molecule has 0 atom stereocenters. The van der Waals surface area contributed by atoms with Crippen LogP contribution in [0.4, 0.5) is 15.6 Å². The Morgan fingerprint density at radius 3 is 2.39 bits per heavy atom. The molecule has 0 bridgehead atoms. The standard InChI is InChI=1S/C29H26N4O4S/c1-17-7-8-22(19-9-10-19)15-23(17)33(28(30)37)29-32-24(20-11-13-21(14-12-20)27(35)36)25(38-29)26(34)31-16-18-5-3-2-4-6-18/h2-8,11-15,19H,9-10,16H2,1H3,(H2,30,37)(H,31,34)(H,35,36). The Morgan fingerprint density at radius 2 is 1.76 bits per heavy atom. The molecule has 1 aliphatic carbocycles. The lowest BCUT2D eigenvalue weighted by Crippen LogP contribution is -2.32. The lowest BCUT2D eigenvalue weighted by atomic mass is 10.1. The third-order valence-electron chi connectivity index (χ3n) is 6.46. The molecule has 0 radical (unpaired) electrons. The summed E-state index contributed by atoms with van der Waals surface area (Å²) in [5, 5.41) is 12.5. The Bertz CT molecular complexity index is 1510. The van der Waals surface area contributed by atoms with E-state index in [0.29, 0.717) is 34.3 Å². The second kappa shape index (κ2) is 10.5. The van der Waals surface area contributed by atoms with Gasteiger partial charge in [-0.15, -0.1) is 0 Å². The molecular formula is C29H26N4O4S. The molecule has 192 valence electrons. The number of aromatic carboxylic acids is 1. The predicted octanol–water partition coefficient (Wildman–Crippen LogP) is 5.84. The highest BCUT2D eigenvalue weighted by Crippen LogP contribution is 2.43. The van der Waals surface area contributed by atoms with E-state index < -0.39 is 12.0 Å². The largest absolute Gasteiger partial charge is 0.478 e. The zero-order chi connectivity index (χ0) is 26.8. The fourth-order valence-electron chi connectivity index (χ4n) is 4.24. The monoisotopic (exact) mass is 526 g/mol. The molecule has 1 aromatic heterocycles. The number of nitrogens with one attached hydrogen (secondary N) is 1. The van der Waals surface area contributed by atoms with Crippen LogP contribution in [0, 0.1) is 6.92 Å². The molecule has 0 saturated heterocycles. The van der Waals surface area contributed by atoms with Crippen molar-refractivity contribution in [3.63, 3.8) is 0 Å². The maximum Gasteiger partial charge on any atom is 0.335 e. The molecule has 5 rings (SSSR count). The van der Waals surface area contributed by atoms with Gasteiger partial charge in [0.05, 0.1) is 16.9 Å². The summed E-state index contributed by atoms with van der Waals surface area (Å²) in [6, 6.07) is 20.9. The van der Waals surface area contributed by atoms with Crippen molar-refractivity contribution < 1.29 is 19.5 Å². The molecule has 3 amide bonds. The number of hydrogen-bond acceptors (Lipinski definition) is 5. The predicted molar refractivity (Wildman–Crippen MR) is 147 cm³/mol. The zero-order valence-electron chi connectivity index (χ0n) is 20.7. The number of anilines is 2. The maximum absolute atomic E-state index is 13.4. The summed E-state index contributed by atoms with van der Waals surface area (Å²) in [4.78, 5) is 43.8. The minimum Gasteiger partial charge on any atom is -0.478 e. The lowest BCUT2D eigenvalue weighted by molar-refractivity contribution is 0.0696. The van der Waals surface area contributed by atoms with Gasteiger partial charge < -0.3 is 16.2 Å². The number of rotatable bonds is 8. The molecular weight excluding hydrogens is 500 g/mol. The van der Waals surface area contributed by atoms with Gasteiger partial charge in [0.2, 0.25) is 0 Å². The molecule has 1 heterocycles. The first-order chi connectivity index (χ1) is 18.3. The van der Waals surface area contributed by atoms with Crippen molar-refractivity contribution in [3.8, 4) is 11.3 Å². The molecule has 3 aromatic carbocycles. The normalized spacial score (nSPS) is 12.7. The zero-order valence-corrected chi connectivity index (χ0v) is 21.5. The first-order valence-electron chi connectivity index (χ1n) is 12.2. The summed E-state index contributed by atoms with van der Waals surface area (Å²) < 4.78 is 0.